The van der Waals surface area contributed by atoms with Crippen molar-refractivity contribution >= 4 is 5.97 Å². The first-order valence-corrected chi connectivity index (χ1v) is 32.1. The van der Waals surface area contributed by atoms with Crippen molar-refractivity contribution < 1.29 is 69.0 Å². The number of unbranched alkanes of at least 4 members (excludes halogenated alkanes) is 33. The Morgan fingerprint density at radius 1 is 0.423 bits per heavy atom. The number of aliphatic hydroxyl groups is 7. The fourth-order valence-electron chi connectivity index (χ4n) is 10.2. The largest absolute Gasteiger partial charge is 0.457 e. The van der Waals surface area contributed by atoms with Gasteiger partial charge in [-0.15, -0.1) is 0 Å². The maximum absolute atomic E-state index is 13.1. The molecule has 7 N–H and O–H groups in total. The van der Waals surface area contributed by atoms with Crippen molar-refractivity contribution in [2.45, 2.75) is 332 Å². The number of rotatable bonds is 53. The van der Waals surface area contributed by atoms with E-state index in [9.17, 15) is 40.5 Å². The number of hydrogen-bond donors (Lipinski definition) is 7. The van der Waals surface area contributed by atoms with Gasteiger partial charge in [0, 0.05) is 13.0 Å². The third-order valence-corrected chi connectivity index (χ3v) is 15.4. The minimum absolute atomic E-state index is 0.0579. The number of carbonyl (C=O) groups excluding carboxylic acids is 1. The van der Waals surface area contributed by atoms with Gasteiger partial charge in [-0.1, -0.05) is 243 Å². The average Bonchev–Trinajstić information content (AvgIpc) is 3.45. The lowest BCUT2D eigenvalue weighted by atomic mass is 9.98. The third kappa shape index (κ3) is 36.6. The van der Waals surface area contributed by atoms with Crippen molar-refractivity contribution in [1.82, 2.24) is 0 Å². The maximum atomic E-state index is 13.1. The first-order valence-electron chi connectivity index (χ1n) is 32.1. The van der Waals surface area contributed by atoms with E-state index in [-0.39, 0.29) is 25.6 Å². The molecule has 2 aliphatic rings. The number of ether oxygens (including phenoxy) is 6. The van der Waals surface area contributed by atoms with E-state index in [1.165, 1.54) is 180 Å². The predicted octanol–water partition coefficient (Wildman–Crippen LogP) is 12.5. The number of carbonyl (C=O) groups is 1. The second-order valence-corrected chi connectivity index (χ2v) is 22.6. The standard InChI is InChI=1S/C64H118O14/c1-3-5-7-9-11-13-15-17-19-21-23-25-27-29-31-33-35-37-39-41-43-45-47-56(66)76-53(50-73-48-46-44-42-40-38-36-34-32-30-28-26-24-22-20-18-16-14-12-10-8-6-4-2)51-74-63-62(72)60(70)58(68)55(78-63)52-75-64-61(71)59(69)57(67)54(49-65)77-64/h16,18,22,24,28,30,53-55,57-65,67-72H,3-15,17,19-21,23,25-27,29,31-52H2,1-2H3/b18-16-,24-22-,30-28-. The Morgan fingerprint density at radius 3 is 1.24 bits per heavy atom. The summed E-state index contributed by atoms with van der Waals surface area (Å²) in [6.45, 7) is 3.71. The highest BCUT2D eigenvalue weighted by molar-refractivity contribution is 5.69. The van der Waals surface area contributed by atoms with Crippen molar-refractivity contribution in [2.24, 2.45) is 0 Å². The van der Waals surface area contributed by atoms with Crippen LogP contribution >= 0.6 is 0 Å². The first-order chi connectivity index (χ1) is 38.1. The third-order valence-electron chi connectivity index (χ3n) is 15.4. The lowest BCUT2D eigenvalue weighted by Gasteiger charge is -2.42. The topological polar surface area (TPSA) is 214 Å². The van der Waals surface area contributed by atoms with Crippen LogP contribution in [0.25, 0.3) is 0 Å². The highest BCUT2D eigenvalue weighted by Crippen LogP contribution is 2.27. The molecule has 0 saturated carbocycles. The van der Waals surface area contributed by atoms with Crippen molar-refractivity contribution in [2.75, 3.05) is 33.0 Å². The molecule has 11 unspecified atom stereocenters. The zero-order valence-corrected chi connectivity index (χ0v) is 49.4. The summed E-state index contributed by atoms with van der Waals surface area (Å²) >= 11 is 0. The molecule has 2 fully saturated rings. The number of esters is 1. The van der Waals surface area contributed by atoms with Crippen molar-refractivity contribution in [3.63, 3.8) is 0 Å². The molecule has 2 saturated heterocycles. The van der Waals surface area contributed by atoms with Crippen LogP contribution in [-0.2, 0) is 33.2 Å². The smallest absolute Gasteiger partial charge is 0.306 e. The molecule has 0 aromatic carbocycles. The van der Waals surface area contributed by atoms with Gasteiger partial charge in [-0.25, -0.2) is 0 Å². The highest BCUT2D eigenvalue weighted by atomic mass is 16.7. The molecule has 11 atom stereocenters. The van der Waals surface area contributed by atoms with E-state index in [1.807, 2.05) is 0 Å². The molecule has 2 heterocycles. The quantitative estimate of drug-likeness (QED) is 0.0172. The number of hydrogen-bond acceptors (Lipinski definition) is 14. The molecule has 78 heavy (non-hydrogen) atoms. The Kier molecular flexibility index (Phi) is 47.2. The Hall–Kier alpha value is -1.79. The molecule has 14 heteroatoms. The Labute approximate surface area is 474 Å². The van der Waals surface area contributed by atoms with Gasteiger partial charge in [0.25, 0.3) is 0 Å². The van der Waals surface area contributed by atoms with E-state index in [0.717, 1.165) is 57.8 Å². The molecule has 2 rings (SSSR count). The normalized spacial score (nSPS) is 24.3. The summed E-state index contributed by atoms with van der Waals surface area (Å²) in [6.07, 6.45) is 44.9. The minimum Gasteiger partial charge on any atom is -0.457 e. The Balaban J connectivity index is 1.68. The molecule has 0 aliphatic carbocycles. The summed E-state index contributed by atoms with van der Waals surface area (Å²) in [5, 5.41) is 72.5. The monoisotopic (exact) mass is 1110 g/mol. The van der Waals surface area contributed by atoms with Crippen LogP contribution in [0.5, 0.6) is 0 Å². The zero-order chi connectivity index (χ0) is 56.5. The molecule has 458 valence electrons. The lowest BCUT2D eigenvalue weighted by molar-refractivity contribution is -0.332. The van der Waals surface area contributed by atoms with Gasteiger partial charge < -0.3 is 64.2 Å². The van der Waals surface area contributed by atoms with Crippen LogP contribution in [0.2, 0.25) is 0 Å². The predicted molar refractivity (Wildman–Crippen MR) is 312 cm³/mol. The Morgan fingerprint density at radius 2 is 0.795 bits per heavy atom. The van der Waals surface area contributed by atoms with Crippen LogP contribution in [0, 0.1) is 0 Å². The van der Waals surface area contributed by atoms with Crippen LogP contribution < -0.4 is 0 Å². The molecule has 0 aromatic heterocycles. The molecule has 2 aliphatic heterocycles. The van der Waals surface area contributed by atoms with Gasteiger partial charge in [-0.2, -0.15) is 0 Å². The second-order valence-electron chi connectivity index (χ2n) is 22.6. The molecule has 0 bridgehead atoms. The van der Waals surface area contributed by atoms with E-state index in [4.69, 9.17) is 28.4 Å². The van der Waals surface area contributed by atoms with E-state index >= 15 is 0 Å². The van der Waals surface area contributed by atoms with E-state index in [2.05, 4.69) is 50.3 Å². The molecule has 14 nitrogen and oxygen atoms in total. The van der Waals surface area contributed by atoms with E-state index < -0.39 is 80.7 Å². The van der Waals surface area contributed by atoms with Gasteiger partial charge >= 0.3 is 5.97 Å². The van der Waals surface area contributed by atoms with Crippen molar-refractivity contribution in [1.29, 1.82) is 0 Å². The first kappa shape index (κ1) is 72.3. The fourth-order valence-corrected chi connectivity index (χ4v) is 10.2. The Bertz CT molecular complexity index is 1430. The molecule has 0 radical (unpaired) electrons. The van der Waals surface area contributed by atoms with Crippen LogP contribution in [0.15, 0.2) is 36.5 Å². The maximum Gasteiger partial charge on any atom is 0.306 e. The summed E-state index contributed by atoms with van der Waals surface area (Å²) in [7, 11) is 0. The molecular formula is C64H118O14. The second kappa shape index (κ2) is 50.9. The van der Waals surface area contributed by atoms with Crippen LogP contribution in [-0.4, -0.2) is 142 Å². The summed E-state index contributed by atoms with van der Waals surface area (Å²) in [5.41, 5.74) is 0. The fraction of sp³-hybridized carbons (Fsp3) is 0.891. The summed E-state index contributed by atoms with van der Waals surface area (Å²) in [5.74, 6) is -0.374. The van der Waals surface area contributed by atoms with Gasteiger partial charge in [0.05, 0.1) is 26.4 Å². The molecular weight excluding hydrogens is 993 g/mol. The van der Waals surface area contributed by atoms with Gasteiger partial charge in [0.1, 0.15) is 54.9 Å². The average molecular weight is 1110 g/mol. The summed E-state index contributed by atoms with van der Waals surface area (Å²) in [4.78, 5) is 13.1. The van der Waals surface area contributed by atoms with Crippen LogP contribution in [0.1, 0.15) is 264 Å². The van der Waals surface area contributed by atoms with Crippen molar-refractivity contribution in [3.8, 4) is 0 Å². The molecule has 0 spiro atoms. The van der Waals surface area contributed by atoms with Gasteiger partial charge in [0.2, 0.25) is 0 Å². The van der Waals surface area contributed by atoms with Crippen molar-refractivity contribution in [3.05, 3.63) is 36.5 Å². The van der Waals surface area contributed by atoms with E-state index in [0.29, 0.717) is 13.0 Å². The highest BCUT2D eigenvalue weighted by Gasteiger charge is 2.47. The van der Waals surface area contributed by atoms with E-state index in [1.54, 1.807) is 0 Å². The summed E-state index contributed by atoms with van der Waals surface area (Å²) in [6, 6.07) is 0. The van der Waals surface area contributed by atoms with Gasteiger partial charge in [0.15, 0.2) is 12.6 Å². The minimum atomic E-state index is -1.71. The summed E-state index contributed by atoms with van der Waals surface area (Å²) < 4.78 is 34.5. The lowest BCUT2D eigenvalue weighted by Crippen LogP contribution is -2.61. The van der Waals surface area contributed by atoms with Crippen LogP contribution in [0.3, 0.4) is 0 Å². The molecule has 0 aromatic rings. The van der Waals surface area contributed by atoms with Gasteiger partial charge in [-0.05, 0) is 51.4 Å². The molecule has 0 amide bonds. The SMILES string of the molecule is CCCCCCC/C=C\C/C=C\C/C=C\CCCCCCCCCOCC(COC1OC(COC2OC(CO)C(O)C(O)C2O)C(O)C(O)C1O)OC(=O)CCCCCCCCCCCCCCCCCCCCCCCC. The zero-order valence-electron chi connectivity index (χ0n) is 49.4. The number of aliphatic hydroxyl groups excluding tert-OH is 7. The van der Waals surface area contributed by atoms with Crippen LogP contribution in [0.4, 0.5) is 0 Å². The van der Waals surface area contributed by atoms with Gasteiger partial charge in [-0.3, -0.25) is 4.79 Å². The number of allylic oxidation sites excluding steroid dienone is 6.